The Morgan fingerprint density at radius 1 is 1.38 bits per heavy atom. The minimum Gasteiger partial charge on any atom is -0.328 e. The third-order valence-electron chi connectivity index (χ3n) is 1.55. The summed E-state index contributed by atoms with van der Waals surface area (Å²) in [5.74, 6) is 2.00. The SMILES string of the molecule is CC(N)CCCSCCS(C)(=O)=O. The Bertz CT molecular complexity index is 212. The molecule has 0 aliphatic heterocycles. The fraction of sp³-hybridized carbons (Fsp3) is 1.00. The predicted octanol–water partition coefficient (Wildman–Crippen LogP) is 0.892. The Morgan fingerprint density at radius 2 is 2.00 bits per heavy atom. The smallest absolute Gasteiger partial charge is 0.148 e. The lowest BCUT2D eigenvalue weighted by Gasteiger charge is -2.03. The minimum absolute atomic E-state index is 0.260. The van der Waals surface area contributed by atoms with E-state index in [2.05, 4.69) is 0 Å². The Hall–Kier alpha value is 0.260. The maximum absolute atomic E-state index is 10.7. The van der Waals surface area contributed by atoms with Crippen molar-refractivity contribution in [3.05, 3.63) is 0 Å². The highest BCUT2D eigenvalue weighted by Gasteiger charge is 2.01. The molecule has 0 aromatic carbocycles. The van der Waals surface area contributed by atoms with Crippen molar-refractivity contribution in [2.45, 2.75) is 25.8 Å². The van der Waals surface area contributed by atoms with Crippen LogP contribution in [0.25, 0.3) is 0 Å². The van der Waals surface area contributed by atoms with Crippen molar-refractivity contribution in [3.63, 3.8) is 0 Å². The molecule has 1 unspecified atom stereocenters. The van der Waals surface area contributed by atoms with Crippen LogP contribution in [0.3, 0.4) is 0 Å². The summed E-state index contributed by atoms with van der Waals surface area (Å²) in [4.78, 5) is 0. The van der Waals surface area contributed by atoms with Crippen molar-refractivity contribution in [2.75, 3.05) is 23.5 Å². The summed E-state index contributed by atoms with van der Waals surface area (Å²) in [6, 6.07) is 0.260. The molecule has 3 nitrogen and oxygen atoms in total. The molecule has 1 atom stereocenters. The second-order valence-electron chi connectivity index (χ2n) is 3.36. The van der Waals surface area contributed by atoms with Gasteiger partial charge in [0.05, 0.1) is 5.75 Å². The van der Waals surface area contributed by atoms with Gasteiger partial charge in [-0.15, -0.1) is 0 Å². The lowest BCUT2D eigenvalue weighted by Crippen LogP contribution is -2.14. The maximum Gasteiger partial charge on any atom is 0.148 e. The van der Waals surface area contributed by atoms with Gasteiger partial charge in [0.15, 0.2) is 0 Å². The molecule has 0 fully saturated rings. The molecule has 0 saturated carbocycles. The van der Waals surface area contributed by atoms with E-state index in [1.165, 1.54) is 6.26 Å². The van der Waals surface area contributed by atoms with Gasteiger partial charge in [-0.25, -0.2) is 8.42 Å². The molecular formula is C8H19NO2S2. The van der Waals surface area contributed by atoms with Crippen molar-refractivity contribution in [1.29, 1.82) is 0 Å². The number of hydrogen-bond acceptors (Lipinski definition) is 4. The van der Waals surface area contributed by atoms with Crippen molar-refractivity contribution in [2.24, 2.45) is 5.73 Å². The molecule has 0 aromatic rings. The standard InChI is InChI=1S/C8H19NO2S2/c1-8(9)4-3-5-12-6-7-13(2,10)11/h8H,3-7,9H2,1-2H3. The van der Waals surface area contributed by atoms with E-state index in [1.54, 1.807) is 11.8 Å². The molecule has 0 aliphatic rings. The second-order valence-corrected chi connectivity index (χ2v) is 6.85. The van der Waals surface area contributed by atoms with Crippen molar-refractivity contribution in [1.82, 2.24) is 0 Å². The summed E-state index contributed by atoms with van der Waals surface area (Å²) >= 11 is 1.69. The summed E-state index contributed by atoms with van der Waals surface area (Å²) in [5.41, 5.74) is 5.57. The molecule has 0 rings (SSSR count). The Kier molecular flexibility index (Phi) is 6.81. The van der Waals surface area contributed by atoms with Gasteiger partial charge in [-0.1, -0.05) is 0 Å². The highest BCUT2D eigenvalue weighted by molar-refractivity contribution is 8.00. The molecule has 0 bridgehead atoms. The summed E-state index contributed by atoms with van der Waals surface area (Å²) < 4.78 is 21.5. The van der Waals surface area contributed by atoms with Gasteiger partial charge in [0, 0.05) is 18.1 Å². The van der Waals surface area contributed by atoms with E-state index in [9.17, 15) is 8.42 Å². The summed E-state index contributed by atoms with van der Waals surface area (Å²) in [6.45, 7) is 1.99. The third-order valence-corrected chi connectivity index (χ3v) is 3.82. The summed E-state index contributed by atoms with van der Waals surface area (Å²) in [7, 11) is -2.77. The molecule has 80 valence electrons. The van der Waals surface area contributed by atoms with E-state index in [0.717, 1.165) is 18.6 Å². The first-order valence-corrected chi connectivity index (χ1v) is 7.64. The number of nitrogens with two attached hydrogens (primary N) is 1. The van der Waals surface area contributed by atoms with Crippen LogP contribution in [0.1, 0.15) is 19.8 Å². The maximum atomic E-state index is 10.7. The van der Waals surface area contributed by atoms with Crippen molar-refractivity contribution in [3.8, 4) is 0 Å². The molecule has 0 aromatic heterocycles. The Balaban J connectivity index is 3.18. The lowest BCUT2D eigenvalue weighted by molar-refractivity contribution is 0.603. The average molecular weight is 225 g/mol. The van der Waals surface area contributed by atoms with Crippen LogP contribution in [0.4, 0.5) is 0 Å². The van der Waals surface area contributed by atoms with Gasteiger partial charge in [0.1, 0.15) is 9.84 Å². The first-order valence-electron chi connectivity index (χ1n) is 4.43. The first kappa shape index (κ1) is 13.3. The monoisotopic (exact) mass is 225 g/mol. The molecule has 0 aliphatic carbocycles. The van der Waals surface area contributed by atoms with Crippen LogP contribution in [-0.2, 0) is 9.84 Å². The molecule has 0 saturated heterocycles. The largest absolute Gasteiger partial charge is 0.328 e. The topological polar surface area (TPSA) is 60.2 Å². The fourth-order valence-electron chi connectivity index (χ4n) is 0.820. The first-order chi connectivity index (χ1) is 5.92. The van der Waals surface area contributed by atoms with Gasteiger partial charge >= 0.3 is 0 Å². The number of thioether (sulfide) groups is 1. The van der Waals surface area contributed by atoms with Gasteiger partial charge in [0.2, 0.25) is 0 Å². The normalized spacial score (nSPS) is 14.4. The highest BCUT2D eigenvalue weighted by atomic mass is 32.2. The molecule has 0 radical (unpaired) electrons. The van der Waals surface area contributed by atoms with Gasteiger partial charge in [-0.05, 0) is 25.5 Å². The molecule has 2 N–H and O–H groups in total. The lowest BCUT2D eigenvalue weighted by atomic mass is 10.2. The van der Waals surface area contributed by atoms with Crippen molar-refractivity contribution < 1.29 is 8.42 Å². The van der Waals surface area contributed by atoms with E-state index < -0.39 is 9.84 Å². The van der Waals surface area contributed by atoms with Gasteiger partial charge in [-0.2, -0.15) is 11.8 Å². The van der Waals surface area contributed by atoms with Crippen LogP contribution in [0.5, 0.6) is 0 Å². The molecule has 0 amide bonds. The zero-order chi connectivity index (χ0) is 10.3. The van der Waals surface area contributed by atoms with Crippen molar-refractivity contribution >= 4 is 21.6 Å². The van der Waals surface area contributed by atoms with Crippen LogP contribution in [-0.4, -0.2) is 38.0 Å². The minimum atomic E-state index is -2.77. The molecule has 0 spiro atoms. The Labute approximate surface area is 85.4 Å². The summed E-state index contributed by atoms with van der Waals surface area (Å²) in [5, 5.41) is 0. The van der Waals surface area contributed by atoms with Crippen LogP contribution in [0, 0.1) is 0 Å². The second kappa shape index (κ2) is 6.68. The number of rotatable bonds is 7. The van der Waals surface area contributed by atoms with Gasteiger partial charge in [-0.3, -0.25) is 0 Å². The van der Waals surface area contributed by atoms with E-state index in [0.29, 0.717) is 5.75 Å². The van der Waals surface area contributed by atoms with Crippen LogP contribution in [0.15, 0.2) is 0 Å². The van der Waals surface area contributed by atoms with E-state index in [-0.39, 0.29) is 11.8 Å². The highest BCUT2D eigenvalue weighted by Crippen LogP contribution is 2.06. The van der Waals surface area contributed by atoms with Gasteiger partial charge in [0.25, 0.3) is 0 Å². The summed E-state index contributed by atoms with van der Waals surface area (Å²) in [6.07, 6.45) is 3.37. The van der Waals surface area contributed by atoms with Crippen LogP contribution >= 0.6 is 11.8 Å². The zero-order valence-corrected chi connectivity index (χ0v) is 9.96. The third kappa shape index (κ3) is 12.3. The number of hydrogen-bond donors (Lipinski definition) is 1. The zero-order valence-electron chi connectivity index (χ0n) is 8.32. The average Bonchev–Trinajstić information content (AvgIpc) is 1.93. The Morgan fingerprint density at radius 3 is 2.46 bits per heavy atom. The van der Waals surface area contributed by atoms with Gasteiger partial charge < -0.3 is 5.73 Å². The molecule has 0 heterocycles. The predicted molar refractivity (Wildman–Crippen MR) is 59.9 cm³/mol. The van der Waals surface area contributed by atoms with Crippen LogP contribution < -0.4 is 5.73 Å². The fourth-order valence-corrected chi connectivity index (χ4v) is 3.08. The molecule has 13 heavy (non-hydrogen) atoms. The molecular weight excluding hydrogens is 206 g/mol. The molecule has 5 heteroatoms. The van der Waals surface area contributed by atoms with Crippen LogP contribution in [0.2, 0.25) is 0 Å². The van der Waals surface area contributed by atoms with E-state index in [1.807, 2.05) is 6.92 Å². The van der Waals surface area contributed by atoms with E-state index >= 15 is 0 Å². The quantitative estimate of drug-likeness (QED) is 0.654. The number of sulfone groups is 1. The van der Waals surface area contributed by atoms with E-state index in [4.69, 9.17) is 5.73 Å².